The average molecular weight is 243 g/mol. The Morgan fingerprint density at radius 2 is 2.12 bits per heavy atom. The number of hydrogen-bond donors (Lipinski definition) is 2. The number of rotatable bonds is 7. The monoisotopic (exact) mass is 243 g/mol. The topological polar surface area (TPSA) is 71.1 Å². The number of alkyl halides is 3. The highest BCUT2D eigenvalue weighted by Gasteiger charge is 2.27. The summed E-state index contributed by atoms with van der Waals surface area (Å²) in [6.07, 6.45) is -4.30. The number of nitrogens with zero attached hydrogens (tertiary/aromatic N) is 2. The Labute approximate surface area is 91.6 Å². The number of nitrogens with two attached hydrogens (primary N) is 1. The fraction of sp³-hybridized carbons (Fsp3) is 0.875. The minimum absolute atomic E-state index is 0.0117. The van der Waals surface area contributed by atoms with Crippen LogP contribution in [-0.4, -0.2) is 55.0 Å². The van der Waals surface area contributed by atoms with Crippen LogP contribution in [0, 0.1) is 0 Å². The first-order chi connectivity index (χ1) is 7.39. The summed E-state index contributed by atoms with van der Waals surface area (Å²) in [5.41, 5.74) is 5.26. The molecule has 0 aliphatic rings. The van der Waals surface area contributed by atoms with E-state index in [9.17, 15) is 13.2 Å². The Bertz CT molecular complexity index is 221. The Morgan fingerprint density at radius 3 is 2.56 bits per heavy atom. The molecule has 8 heteroatoms. The summed E-state index contributed by atoms with van der Waals surface area (Å²) >= 11 is 0. The number of ether oxygens (including phenoxy) is 1. The van der Waals surface area contributed by atoms with E-state index in [0.29, 0.717) is 13.1 Å². The standard InChI is InChI=1S/C8H16F3N3O2/c1-2-14(5-7(12)13-15)3-4-16-6-8(9,10)11/h15H,2-6H2,1H3,(H2,12,13). The van der Waals surface area contributed by atoms with Crippen LogP contribution in [0.4, 0.5) is 13.2 Å². The summed E-state index contributed by atoms with van der Waals surface area (Å²) in [6, 6.07) is 0. The predicted octanol–water partition coefficient (Wildman–Crippen LogP) is 0.634. The van der Waals surface area contributed by atoms with E-state index in [1.54, 1.807) is 4.90 Å². The van der Waals surface area contributed by atoms with Gasteiger partial charge < -0.3 is 15.7 Å². The highest BCUT2D eigenvalue weighted by Crippen LogP contribution is 2.14. The van der Waals surface area contributed by atoms with Gasteiger partial charge in [-0.3, -0.25) is 4.90 Å². The molecule has 0 spiro atoms. The molecule has 3 N–H and O–H groups in total. The Morgan fingerprint density at radius 1 is 1.50 bits per heavy atom. The van der Waals surface area contributed by atoms with Crippen LogP contribution in [0.2, 0.25) is 0 Å². The molecule has 0 aromatic carbocycles. The van der Waals surface area contributed by atoms with Gasteiger partial charge in [-0.15, -0.1) is 0 Å². The van der Waals surface area contributed by atoms with Gasteiger partial charge in [0, 0.05) is 6.54 Å². The molecule has 0 rings (SSSR count). The second kappa shape index (κ2) is 7.29. The third-order valence-electron chi connectivity index (χ3n) is 1.78. The number of oxime groups is 1. The summed E-state index contributed by atoms with van der Waals surface area (Å²) in [4.78, 5) is 1.70. The molecule has 0 amide bonds. The van der Waals surface area contributed by atoms with Gasteiger partial charge in [-0.1, -0.05) is 12.1 Å². The number of amidine groups is 1. The van der Waals surface area contributed by atoms with Crippen LogP contribution >= 0.6 is 0 Å². The quantitative estimate of drug-likeness (QED) is 0.226. The molecule has 96 valence electrons. The van der Waals surface area contributed by atoms with Crippen LogP contribution in [0.5, 0.6) is 0 Å². The van der Waals surface area contributed by atoms with E-state index in [2.05, 4.69) is 9.89 Å². The van der Waals surface area contributed by atoms with Crippen molar-refractivity contribution in [3.8, 4) is 0 Å². The van der Waals surface area contributed by atoms with E-state index >= 15 is 0 Å². The molecule has 0 saturated heterocycles. The molecule has 5 nitrogen and oxygen atoms in total. The minimum Gasteiger partial charge on any atom is -0.409 e. The van der Waals surface area contributed by atoms with Crippen molar-refractivity contribution in [2.24, 2.45) is 10.9 Å². The fourth-order valence-electron chi connectivity index (χ4n) is 0.991. The smallest absolute Gasteiger partial charge is 0.409 e. The molecule has 0 aliphatic carbocycles. The van der Waals surface area contributed by atoms with Crippen LogP contribution < -0.4 is 5.73 Å². The molecule has 0 aliphatic heterocycles. The summed E-state index contributed by atoms with van der Waals surface area (Å²) in [6.45, 7) is 1.57. The maximum absolute atomic E-state index is 11.7. The van der Waals surface area contributed by atoms with Crippen LogP contribution in [-0.2, 0) is 4.74 Å². The molecule has 0 fully saturated rings. The first-order valence-electron chi connectivity index (χ1n) is 4.72. The maximum Gasteiger partial charge on any atom is 0.411 e. The molecule has 0 heterocycles. The molecule has 16 heavy (non-hydrogen) atoms. The second-order valence-corrected chi connectivity index (χ2v) is 3.13. The van der Waals surface area contributed by atoms with Crippen molar-refractivity contribution in [2.75, 3.05) is 32.8 Å². The highest BCUT2D eigenvalue weighted by molar-refractivity contribution is 5.81. The molecule has 0 unspecified atom stereocenters. The first kappa shape index (κ1) is 15.0. The Hall–Kier alpha value is -1.02. The summed E-state index contributed by atoms with van der Waals surface area (Å²) in [5.74, 6) is 0.0117. The van der Waals surface area contributed by atoms with Gasteiger partial charge in [0.25, 0.3) is 0 Å². The lowest BCUT2D eigenvalue weighted by molar-refractivity contribution is -0.174. The zero-order valence-electron chi connectivity index (χ0n) is 9.00. The molecular weight excluding hydrogens is 227 g/mol. The zero-order valence-corrected chi connectivity index (χ0v) is 9.00. The lowest BCUT2D eigenvalue weighted by Gasteiger charge is -2.19. The van der Waals surface area contributed by atoms with Gasteiger partial charge in [-0.05, 0) is 6.54 Å². The van der Waals surface area contributed by atoms with Crippen LogP contribution in [0.1, 0.15) is 6.92 Å². The van der Waals surface area contributed by atoms with E-state index in [0.717, 1.165) is 0 Å². The number of hydrogen-bond acceptors (Lipinski definition) is 4. The van der Waals surface area contributed by atoms with Gasteiger partial charge in [0.05, 0.1) is 13.2 Å². The second-order valence-electron chi connectivity index (χ2n) is 3.13. The summed E-state index contributed by atoms with van der Waals surface area (Å²) < 4.78 is 39.6. The van der Waals surface area contributed by atoms with Gasteiger partial charge in [-0.2, -0.15) is 13.2 Å². The summed E-state index contributed by atoms with van der Waals surface area (Å²) in [7, 11) is 0. The molecule has 0 aromatic heterocycles. The van der Waals surface area contributed by atoms with Crippen molar-refractivity contribution in [3.05, 3.63) is 0 Å². The zero-order chi connectivity index (χ0) is 12.6. The van der Waals surface area contributed by atoms with Gasteiger partial charge in [-0.25, -0.2) is 0 Å². The SMILES string of the molecule is CCN(CCOCC(F)(F)F)CC(N)=NO. The first-order valence-corrected chi connectivity index (χ1v) is 4.72. The predicted molar refractivity (Wildman–Crippen MR) is 52.4 cm³/mol. The van der Waals surface area contributed by atoms with E-state index in [1.807, 2.05) is 6.92 Å². The minimum atomic E-state index is -4.30. The van der Waals surface area contributed by atoms with Crippen molar-refractivity contribution in [1.82, 2.24) is 4.90 Å². The molecule has 0 aromatic rings. The van der Waals surface area contributed by atoms with Crippen LogP contribution in [0.3, 0.4) is 0 Å². The van der Waals surface area contributed by atoms with E-state index in [1.165, 1.54) is 0 Å². The Kier molecular flexibility index (Phi) is 6.82. The lowest BCUT2D eigenvalue weighted by Crippen LogP contribution is -2.36. The van der Waals surface area contributed by atoms with Gasteiger partial charge in [0.1, 0.15) is 6.61 Å². The van der Waals surface area contributed by atoms with Gasteiger partial charge >= 0.3 is 6.18 Å². The van der Waals surface area contributed by atoms with Crippen molar-refractivity contribution in [2.45, 2.75) is 13.1 Å². The van der Waals surface area contributed by atoms with E-state index < -0.39 is 12.8 Å². The van der Waals surface area contributed by atoms with Crippen molar-refractivity contribution < 1.29 is 23.1 Å². The van der Waals surface area contributed by atoms with Crippen LogP contribution in [0.15, 0.2) is 5.16 Å². The maximum atomic E-state index is 11.7. The molecule has 0 saturated carbocycles. The number of halogens is 3. The third kappa shape index (κ3) is 8.30. The molecular formula is C8H16F3N3O2. The fourth-order valence-corrected chi connectivity index (χ4v) is 0.991. The van der Waals surface area contributed by atoms with E-state index in [-0.39, 0.29) is 19.0 Å². The van der Waals surface area contributed by atoms with E-state index in [4.69, 9.17) is 10.9 Å². The Balaban J connectivity index is 3.72. The highest BCUT2D eigenvalue weighted by atomic mass is 19.4. The lowest BCUT2D eigenvalue weighted by atomic mass is 10.4. The van der Waals surface area contributed by atoms with Gasteiger partial charge in [0.15, 0.2) is 5.84 Å². The summed E-state index contributed by atoms with van der Waals surface area (Å²) in [5, 5.41) is 11.1. The third-order valence-corrected chi connectivity index (χ3v) is 1.78. The average Bonchev–Trinajstić information content (AvgIpc) is 2.20. The van der Waals surface area contributed by atoms with Crippen LogP contribution in [0.25, 0.3) is 0 Å². The molecule has 0 atom stereocenters. The molecule has 0 radical (unpaired) electrons. The molecule has 0 bridgehead atoms. The largest absolute Gasteiger partial charge is 0.411 e. The van der Waals surface area contributed by atoms with Gasteiger partial charge in [0.2, 0.25) is 0 Å². The van der Waals surface area contributed by atoms with Crippen molar-refractivity contribution in [3.63, 3.8) is 0 Å². The van der Waals surface area contributed by atoms with Crippen molar-refractivity contribution in [1.29, 1.82) is 0 Å². The normalized spacial score (nSPS) is 13.4. The van der Waals surface area contributed by atoms with Crippen molar-refractivity contribution >= 4 is 5.84 Å². The number of likely N-dealkylation sites (N-methyl/N-ethyl adjacent to an activating group) is 1.